The van der Waals surface area contributed by atoms with Gasteiger partial charge in [0, 0.05) is 11.8 Å². The lowest BCUT2D eigenvalue weighted by Crippen LogP contribution is -2.02. The number of esters is 1. The molecule has 4 nitrogen and oxygen atoms in total. The maximum atomic E-state index is 11.6. The van der Waals surface area contributed by atoms with Gasteiger partial charge in [-0.25, -0.2) is 9.78 Å². The van der Waals surface area contributed by atoms with E-state index in [0.29, 0.717) is 16.2 Å². The molecule has 3 aromatic rings. The lowest BCUT2D eigenvalue weighted by molar-refractivity contribution is 0.0601. The Morgan fingerprint density at radius 2 is 2.05 bits per heavy atom. The molecule has 2 heterocycles. The fraction of sp³-hybridized carbons (Fsp3) is 0.125. The van der Waals surface area contributed by atoms with Crippen LogP contribution >= 0.6 is 11.6 Å². The SMILES string of the molecule is COC(=O)c1ccn2c(-c3ccccc3C)nc(Cl)c2c1. The second-order valence-electron chi connectivity index (χ2n) is 4.70. The van der Waals surface area contributed by atoms with Gasteiger partial charge in [-0.1, -0.05) is 35.9 Å². The van der Waals surface area contributed by atoms with Crippen LogP contribution < -0.4 is 0 Å². The van der Waals surface area contributed by atoms with E-state index in [1.165, 1.54) is 7.11 Å². The van der Waals surface area contributed by atoms with Crippen molar-refractivity contribution in [2.24, 2.45) is 0 Å². The van der Waals surface area contributed by atoms with Crippen LogP contribution in [0.25, 0.3) is 16.9 Å². The van der Waals surface area contributed by atoms with Crippen LogP contribution in [0.15, 0.2) is 42.6 Å². The summed E-state index contributed by atoms with van der Waals surface area (Å²) in [5.41, 5.74) is 3.24. The predicted octanol–water partition coefficient (Wildman–Crippen LogP) is 3.75. The highest BCUT2D eigenvalue weighted by atomic mass is 35.5. The molecule has 106 valence electrons. The Bertz CT molecular complexity index is 839. The number of aromatic nitrogens is 2. The van der Waals surface area contributed by atoms with E-state index in [-0.39, 0.29) is 0 Å². The van der Waals surface area contributed by atoms with Crippen molar-refractivity contribution in [3.05, 3.63) is 58.9 Å². The average Bonchev–Trinajstić information content (AvgIpc) is 2.83. The first-order valence-corrected chi connectivity index (χ1v) is 6.81. The van der Waals surface area contributed by atoms with Crippen LogP contribution in [0.5, 0.6) is 0 Å². The summed E-state index contributed by atoms with van der Waals surface area (Å²) in [4.78, 5) is 16.0. The summed E-state index contributed by atoms with van der Waals surface area (Å²) in [5.74, 6) is 0.358. The van der Waals surface area contributed by atoms with Crippen molar-refractivity contribution in [3.8, 4) is 11.4 Å². The zero-order chi connectivity index (χ0) is 15.0. The highest BCUT2D eigenvalue weighted by Gasteiger charge is 2.15. The van der Waals surface area contributed by atoms with Crippen LogP contribution in [0.2, 0.25) is 5.15 Å². The highest BCUT2D eigenvalue weighted by Crippen LogP contribution is 2.28. The van der Waals surface area contributed by atoms with Crippen LogP contribution in [-0.4, -0.2) is 22.5 Å². The lowest BCUT2D eigenvalue weighted by Gasteiger charge is -2.05. The molecule has 0 fully saturated rings. The first-order valence-electron chi connectivity index (χ1n) is 6.43. The minimum atomic E-state index is -0.396. The number of halogens is 1. The topological polar surface area (TPSA) is 43.6 Å². The van der Waals surface area contributed by atoms with E-state index >= 15 is 0 Å². The fourth-order valence-corrected chi connectivity index (χ4v) is 2.53. The van der Waals surface area contributed by atoms with Crippen LogP contribution in [-0.2, 0) is 4.74 Å². The number of fused-ring (bicyclic) bond motifs is 1. The monoisotopic (exact) mass is 300 g/mol. The van der Waals surface area contributed by atoms with E-state index in [1.807, 2.05) is 35.6 Å². The number of pyridine rings is 1. The summed E-state index contributed by atoms with van der Waals surface area (Å²) < 4.78 is 6.60. The van der Waals surface area contributed by atoms with E-state index in [0.717, 1.165) is 17.0 Å². The second-order valence-corrected chi connectivity index (χ2v) is 5.06. The third kappa shape index (κ3) is 2.28. The molecule has 0 aliphatic heterocycles. The third-order valence-corrected chi connectivity index (χ3v) is 3.68. The Hall–Kier alpha value is -2.33. The van der Waals surface area contributed by atoms with Gasteiger partial charge >= 0.3 is 5.97 Å². The Morgan fingerprint density at radius 3 is 2.76 bits per heavy atom. The molecule has 0 saturated heterocycles. The van der Waals surface area contributed by atoms with E-state index in [1.54, 1.807) is 18.3 Å². The van der Waals surface area contributed by atoms with Crippen LogP contribution in [0, 0.1) is 6.92 Å². The molecular formula is C16H13ClN2O2. The van der Waals surface area contributed by atoms with Crippen molar-refractivity contribution < 1.29 is 9.53 Å². The number of benzene rings is 1. The molecule has 0 bridgehead atoms. The van der Waals surface area contributed by atoms with Crippen molar-refractivity contribution in [2.75, 3.05) is 7.11 Å². The molecule has 0 saturated carbocycles. The molecule has 0 N–H and O–H groups in total. The van der Waals surface area contributed by atoms with Gasteiger partial charge in [-0.2, -0.15) is 0 Å². The zero-order valence-electron chi connectivity index (χ0n) is 11.6. The van der Waals surface area contributed by atoms with Gasteiger partial charge in [-0.15, -0.1) is 0 Å². The smallest absolute Gasteiger partial charge is 0.337 e. The minimum Gasteiger partial charge on any atom is -0.465 e. The highest BCUT2D eigenvalue weighted by molar-refractivity contribution is 6.33. The van der Waals surface area contributed by atoms with Gasteiger partial charge in [0.1, 0.15) is 5.82 Å². The molecule has 21 heavy (non-hydrogen) atoms. The summed E-state index contributed by atoms with van der Waals surface area (Å²) in [6, 6.07) is 11.3. The normalized spacial score (nSPS) is 10.8. The minimum absolute atomic E-state index is 0.360. The quantitative estimate of drug-likeness (QED) is 0.677. The molecule has 5 heteroatoms. The van der Waals surface area contributed by atoms with Crippen molar-refractivity contribution in [1.29, 1.82) is 0 Å². The number of carbonyl (C=O) groups is 1. The predicted molar refractivity (Wildman–Crippen MR) is 81.7 cm³/mol. The molecule has 0 unspecified atom stereocenters. The van der Waals surface area contributed by atoms with Gasteiger partial charge in [0.25, 0.3) is 0 Å². The number of hydrogen-bond acceptors (Lipinski definition) is 3. The number of nitrogens with zero attached hydrogens (tertiary/aromatic N) is 2. The number of methoxy groups -OCH3 is 1. The standard InChI is InChI=1S/C16H13ClN2O2/c1-10-5-3-4-6-12(10)15-18-14(17)13-9-11(16(20)21-2)7-8-19(13)15/h3-9H,1-2H3. The Kier molecular flexibility index (Phi) is 3.39. The Labute approximate surface area is 126 Å². The van der Waals surface area contributed by atoms with Crippen molar-refractivity contribution in [1.82, 2.24) is 9.38 Å². The van der Waals surface area contributed by atoms with Gasteiger partial charge in [-0.05, 0) is 24.6 Å². The molecule has 0 radical (unpaired) electrons. The van der Waals surface area contributed by atoms with E-state index in [9.17, 15) is 4.79 Å². The van der Waals surface area contributed by atoms with Gasteiger partial charge in [-0.3, -0.25) is 4.40 Å². The van der Waals surface area contributed by atoms with E-state index in [2.05, 4.69) is 4.98 Å². The van der Waals surface area contributed by atoms with Gasteiger partial charge in [0.2, 0.25) is 0 Å². The summed E-state index contributed by atoms with van der Waals surface area (Å²) >= 11 is 6.22. The van der Waals surface area contributed by atoms with Crippen molar-refractivity contribution in [3.63, 3.8) is 0 Å². The second kappa shape index (κ2) is 5.22. The molecule has 1 aromatic carbocycles. The molecule has 0 aliphatic carbocycles. The summed E-state index contributed by atoms with van der Waals surface area (Å²) in [5, 5.41) is 0.360. The van der Waals surface area contributed by atoms with Crippen molar-refractivity contribution >= 4 is 23.1 Å². The number of rotatable bonds is 2. The molecule has 0 aliphatic rings. The first-order chi connectivity index (χ1) is 10.1. The lowest BCUT2D eigenvalue weighted by atomic mass is 10.1. The molecule has 0 amide bonds. The fourth-order valence-electron chi connectivity index (χ4n) is 2.31. The summed E-state index contributed by atoms with van der Waals surface area (Å²) in [7, 11) is 1.35. The average molecular weight is 301 g/mol. The number of carbonyl (C=O) groups excluding carboxylic acids is 1. The molecule has 2 aromatic heterocycles. The Morgan fingerprint density at radius 1 is 1.29 bits per heavy atom. The van der Waals surface area contributed by atoms with Crippen LogP contribution in [0.1, 0.15) is 15.9 Å². The largest absolute Gasteiger partial charge is 0.465 e. The Balaban J connectivity index is 2.23. The molecule has 0 atom stereocenters. The van der Waals surface area contributed by atoms with Crippen LogP contribution in [0.4, 0.5) is 0 Å². The van der Waals surface area contributed by atoms with E-state index in [4.69, 9.17) is 16.3 Å². The zero-order valence-corrected chi connectivity index (χ0v) is 12.4. The number of hydrogen-bond donors (Lipinski definition) is 0. The number of aryl methyl sites for hydroxylation is 1. The van der Waals surface area contributed by atoms with E-state index < -0.39 is 5.97 Å². The third-order valence-electron chi connectivity index (χ3n) is 3.41. The first kappa shape index (κ1) is 13.6. The number of ether oxygens (including phenoxy) is 1. The summed E-state index contributed by atoms with van der Waals surface area (Å²) in [6.07, 6.45) is 1.78. The molecule has 0 spiro atoms. The molecule has 3 rings (SSSR count). The maximum absolute atomic E-state index is 11.6. The molecular weight excluding hydrogens is 288 g/mol. The van der Waals surface area contributed by atoms with Crippen molar-refractivity contribution in [2.45, 2.75) is 6.92 Å². The van der Waals surface area contributed by atoms with Gasteiger partial charge < -0.3 is 4.74 Å². The van der Waals surface area contributed by atoms with Gasteiger partial charge in [0.15, 0.2) is 5.15 Å². The van der Waals surface area contributed by atoms with Gasteiger partial charge in [0.05, 0.1) is 18.2 Å². The maximum Gasteiger partial charge on any atom is 0.337 e. The number of imidazole rings is 1. The summed E-state index contributed by atoms with van der Waals surface area (Å²) in [6.45, 7) is 2.02. The van der Waals surface area contributed by atoms with Crippen LogP contribution in [0.3, 0.4) is 0 Å².